The molecule has 4 rings (SSSR count). The summed E-state index contributed by atoms with van der Waals surface area (Å²) in [5.74, 6) is -1.56. The second-order valence-corrected chi connectivity index (χ2v) is 8.43. The molecule has 1 saturated heterocycles. The average Bonchev–Trinajstić information content (AvgIpc) is 3.08. The molecule has 0 saturated carbocycles. The molecule has 1 aromatic heterocycles. The number of carbonyl (C=O) groups excluding carboxylic acids is 2. The number of hydrogen-bond acceptors (Lipinski definition) is 7. The first-order chi connectivity index (χ1) is 16.7. The van der Waals surface area contributed by atoms with Gasteiger partial charge >= 0.3 is 17.6 Å². The fourth-order valence-corrected chi connectivity index (χ4v) is 3.85. The van der Waals surface area contributed by atoms with Gasteiger partial charge in [-0.3, -0.25) is 14.3 Å². The number of rotatable bonds is 6. The van der Waals surface area contributed by atoms with Crippen molar-refractivity contribution in [3.63, 3.8) is 0 Å². The van der Waals surface area contributed by atoms with E-state index in [1.807, 2.05) is 4.98 Å². The average molecular weight is 503 g/mol. The maximum atomic E-state index is 16.1. The highest BCUT2D eigenvalue weighted by Gasteiger charge is 2.58. The number of hydrogen-bond donors (Lipinski definition) is 1. The molecule has 2 aromatic carbocycles. The minimum Gasteiger partial charge on any atom is -0.459 e. The van der Waals surface area contributed by atoms with Crippen LogP contribution in [-0.2, 0) is 14.2 Å². The predicted molar refractivity (Wildman–Crippen MR) is 122 cm³/mol. The van der Waals surface area contributed by atoms with E-state index in [0.717, 1.165) is 23.8 Å². The maximum Gasteiger partial charge on any atom is 0.338 e. The number of alkyl halides is 1. The summed E-state index contributed by atoms with van der Waals surface area (Å²) >= 11 is 5.83. The number of H-pyrrole nitrogens is 1. The smallest absolute Gasteiger partial charge is 0.338 e. The molecule has 182 valence electrons. The molecule has 0 aliphatic carbocycles. The van der Waals surface area contributed by atoms with Gasteiger partial charge in [-0.15, -0.1) is 0 Å². The van der Waals surface area contributed by atoms with Gasteiger partial charge in [-0.25, -0.2) is 18.8 Å². The van der Waals surface area contributed by atoms with Crippen LogP contribution in [-0.4, -0.2) is 46.0 Å². The molecule has 0 radical (unpaired) electrons. The molecular formula is C24H20ClFN2O7. The minimum atomic E-state index is -2.44. The molecule has 3 aromatic rings. The molecule has 1 aliphatic rings. The van der Waals surface area contributed by atoms with Crippen molar-refractivity contribution < 1.29 is 28.2 Å². The van der Waals surface area contributed by atoms with E-state index in [2.05, 4.69) is 0 Å². The van der Waals surface area contributed by atoms with Crippen molar-refractivity contribution in [2.24, 2.45) is 0 Å². The molecule has 1 N–H and O–H groups in total. The van der Waals surface area contributed by atoms with E-state index in [0.29, 0.717) is 5.02 Å². The normalized spacial score (nSPS) is 23.6. The number of nitrogens with one attached hydrogen (secondary N) is 1. The van der Waals surface area contributed by atoms with Crippen LogP contribution in [0.5, 0.6) is 0 Å². The molecule has 2 heterocycles. The second kappa shape index (κ2) is 9.85. The van der Waals surface area contributed by atoms with E-state index in [9.17, 15) is 19.2 Å². The number of esters is 2. The zero-order valence-electron chi connectivity index (χ0n) is 18.4. The molecule has 4 atom stereocenters. The first-order valence-corrected chi connectivity index (χ1v) is 10.9. The lowest BCUT2D eigenvalue weighted by Gasteiger charge is -2.27. The standard InChI is InChI=1S/C24H20ClFN2O7/c1-24(26)19(35-21(31)14-5-3-2-4-6-14)17(13-33-20(30)15-7-9-16(25)10-8-15)34-22(24)28-12-11-18(29)27-23(28)32/h2-12,17,19,22H,13H2,1H3,(H,27,29,32)/t17-,19-,22-,24-/m1/s1. The zero-order valence-corrected chi connectivity index (χ0v) is 19.1. The summed E-state index contributed by atoms with van der Waals surface area (Å²) in [6.45, 7) is 0.613. The van der Waals surface area contributed by atoms with Crippen LogP contribution in [0.1, 0.15) is 33.9 Å². The summed E-state index contributed by atoms with van der Waals surface area (Å²) in [6.07, 6.45) is -3.34. The Balaban J connectivity index is 1.61. The summed E-state index contributed by atoms with van der Waals surface area (Å²) in [4.78, 5) is 50.9. The number of aromatic amines is 1. The van der Waals surface area contributed by atoms with Crippen LogP contribution in [0.15, 0.2) is 76.4 Å². The fourth-order valence-electron chi connectivity index (χ4n) is 3.73. The van der Waals surface area contributed by atoms with Gasteiger partial charge in [-0.2, -0.15) is 0 Å². The van der Waals surface area contributed by atoms with Crippen LogP contribution in [0.25, 0.3) is 0 Å². The zero-order chi connectivity index (χ0) is 25.2. The van der Waals surface area contributed by atoms with E-state index in [1.54, 1.807) is 18.2 Å². The van der Waals surface area contributed by atoms with Gasteiger partial charge in [0.05, 0.1) is 11.1 Å². The van der Waals surface area contributed by atoms with Gasteiger partial charge in [-0.05, 0) is 43.3 Å². The van der Waals surface area contributed by atoms with E-state index in [4.69, 9.17) is 25.8 Å². The lowest BCUT2D eigenvalue weighted by Crippen LogP contribution is -2.46. The summed E-state index contributed by atoms with van der Waals surface area (Å²) in [6, 6.07) is 14.9. The Morgan fingerprint density at radius 3 is 2.37 bits per heavy atom. The van der Waals surface area contributed by atoms with Gasteiger partial charge in [0.15, 0.2) is 18.0 Å². The summed E-state index contributed by atoms with van der Waals surface area (Å²) in [5, 5.41) is 0.427. The van der Waals surface area contributed by atoms with Gasteiger partial charge in [-0.1, -0.05) is 29.8 Å². The number of benzene rings is 2. The number of ether oxygens (including phenoxy) is 3. The van der Waals surface area contributed by atoms with Crippen LogP contribution >= 0.6 is 11.6 Å². The van der Waals surface area contributed by atoms with Crippen molar-refractivity contribution in [1.82, 2.24) is 9.55 Å². The number of aromatic nitrogens is 2. The Morgan fingerprint density at radius 2 is 1.71 bits per heavy atom. The van der Waals surface area contributed by atoms with Crippen molar-refractivity contribution in [3.8, 4) is 0 Å². The van der Waals surface area contributed by atoms with E-state index in [-0.39, 0.29) is 11.1 Å². The maximum absolute atomic E-state index is 16.1. The molecule has 0 spiro atoms. The largest absolute Gasteiger partial charge is 0.459 e. The third kappa shape index (κ3) is 5.18. The molecule has 11 heteroatoms. The highest BCUT2D eigenvalue weighted by Crippen LogP contribution is 2.42. The Kier molecular flexibility index (Phi) is 6.86. The summed E-state index contributed by atoms with van der Waals surface area (Å²) in [5.41, 5.74) is -3.67. The number of nitrogens with zero attached hydrogens (tertiary/aromatic N) is 1. The Morgan fingerprint density at radius 1 is 1.06 bits per heavy atom. The van der Waals surface area contributed by atoms with Crippen LogP contribution in [0.2, 0.25) is 5.02 Å². The third-order valence-electron chi connectivity index (χ3n) is 5.49. The molecule has 1 aliphatic heterocycles. The van der Waals surface area contributed by atoms with Crippen molar-refractivity contribution in [2.45, 2.75) is 31.0 Å². The van der Waals surface area contributed by atoms with Crippen LogP contribution in [0.3, 0.4) is 0 Å². The SMILES string of the molecule is C[C@@]1(F)[C@H](OC(=O)c2ccccc2)[C@@H](COC(=O)c2ccc(Cl)cc2)O[C@H]1n1ccc(=O)[nH]c1=O. The number of carbonyl (C=O) groups is 2. The second-order valence-electron chi connectivity index (χ2n) is 7.99. The van der Waals surface area contributed by atoms with E-state index in [1.165, 1.54) is 36.4 Å². The van der Waals surface area contributed by atoms with Gasteiger partial charge in [0.2, 0.25) is 0 Å². The van der Waals surface area contributed by atoms with Gasteiger partial charge in [0.1, 0.15) is 12.7 Å². The Bertz CT molecular complexity index is 1340. The fraction of sp³-hybridized carbons (Fsp3) is 0.250. The van der Waals surface area contributed by atoms with Crippen molar-refractivity contribution in [3.05, 3.63) is 104 Å². The van der Waals surface area contributed by atoms with E-state index >= 15 is 4.39 Å². The van der Waals surface area contributed by atoms with Gasteiger partial charge in [0, 0.05) is 17.3 Å². The van der Waals surface area contributed by atoms with Crippen molar-refractivity contribution >= 4 is 23.5 Å². The predicted octanol–water partition coefficient (Wildman–Crippen LogP) is 2.90. The van der Waals surface area contributed by atoms with Crippen LogP contribution in [0, 0.1) is 0 Å². The molecule has 0 amide bonds. The first kappa shape index (κ1) is 24.4. The molecule has 35 heavy (non-hydrogen) atoms. The number of halogens is 2. The van der Waals surface area contributed by atoms with E-state index < -0.39 is 53.9 Å². The Hall–Kier alpha value is -3.76. The summed E-state index contributed by atoms with van der Waals surface area (Å²) < 4.78 is 33.4. The summed E-state index contributed by atoms with van der Waals surface area (Å²) in [7, 11) is 0. The molecule has 0 unspecified atom stereocenters. The molecular weight excluding hydrogens is 483 g/mol. The molecule has 9 nitrogen and oxygen atoms in total. The third-order valence-corrected chi connectivity index (χ3v) is 5.74. The van der Waals surface area contributed by atoms with Crippen LogP contribution in [0.4, 0.5) is 4.39 Å². The topological polar surface area (TPSA) is 117 Å². The van der Waals surface area contributed by atoms with Crippen molar-refractivity contribution in [1.29, 1.82) is 0 Å². The monoisotopic (exact) mass is 502 g/mol. The van der Waals surface area contributed by atoms with Gasteiger partial charge in [0.25, 0.3) is 5.56 Å². The minimum absolute atomic E-state index is 0.171. The first-order valence-electron chi connectivity index (χ1n) is 10.5. The van der Waals surface area contributed by atoms with Gasteiger partial charge < -0.3 is 14.2 Å². The molecule has 1 fully saturated rings. The Labute approximate surface area is 203 Å². The highest BCUT2D eigenvalue weighted by atomic mass is 35.5. The van der Waals surface area contributed by atoms with Crippen LogP contribution < -0.4 is 11.2 Å². The highest BCUT2D eigenvalue weighted by molar-refractivity contribution is 6.30. The molecule has 0 bridgehead atoms. The van der Waals surface area contributed by atoms with Crippen molar-refractivity contribution in [2.75, 3.05) is 6.61 Å². The quantitative estimate of drug-likeness (QED) is 0.515. The lowest BCUT2D eigenvalue weighted by molar-refractivity contribution is -0.0649. The lowest BCUT2D eigenvalue weighted by atomic mass is 9.98.